The van der Waals surface area contributed by atoms with Crippen molar-refractivity contribution in [2.45, 2.75) is 13.3 Å². The molecule has 0 radical (unpaired) electrons. The summed E-state index contributed by atoms with van der Waals surface area (Å²) < 4.78 is 25.3. The van der Waals surface area contributed by atoms with Gasteiger partial charge in [0.1, 0.15) is 0 Å². The molecule has 1 aromatic rings. The van der Waals surface area contributed by atoms with Crippen molar-refractivity contribution in [2.24, 2.45) is 0 Å². The molecule has 60 valence electrons. The number of rotatable bonds is 1. The van der Waals surface area contributed by atoms with Gasteiger partial charge >= 0.3 is 0 Å². The van der Waals surface area contributed by atoms with E-state index in [9.17, 15) is 8.78 Å². The van der Waals surface area contributed by atoms with E-state index in [2.05, 4.69) is 0 Å². The van der Waals surface area contributed by atoms with E-state index in [1.54, 1.807) is 6.92 Å². The first-order valence-electron chi connectivity index (χ1n) is 3.29. The lowest BCUT2D eigenvalue weighted by Crippen LogP contribution is -1.92. The SMILES string of the molecule is CCc1c(Cl)ccc(F)c1F. The average molecular weight is 177 g/mol. The van der Waals surface area contributed by atoms with Gasteiger partial charge in [0.2, 0.25) is 0 Å². The molecule has 0 aliphatic rings. The lowest BCUT2D eigenvalue weighted by atomic mass is 10.1. The van der Waals surface area contributed by atoms with E-state index in [0.717, 1.165) is 6.07 Å². The highest BCUT2D eigenvalue weighted by Crippen LogP contribution is 2.21. The predicted octanol–water partition coefficient (Wildman–Crippen LogP) is 3.18. The molecule has 0 aromatic heterocycles. The summed E-state index contributed by atoms with van der Waals surface area (Å²) in [6.45, 7) is 1.73. The Labute approximate surface area is 68.8 Å². The zero-order valence-electron chi connectivity index (χ0n) is 6.00. The van der Waals surface area contributed by atoms with Crippen molar-refractivity contribution in [3.05, 3.63) is 34.4 Å². The van der Waals surface area contributed by atoms with Crippen molar-refractivity contribution in [2.75, 3.05) is 0 Å². The maximum atomic E-state index is 12.8. The molecule has 0 saturated carbocycles. The van der Waals surface area contributed by atoms with Crippen molar-refractivity contribution in [1.29, 1.82) is 0 Å². The summed E-state index contributed by atoms with van der Waals surface area (Å²) in [5, 5.41) is 0.284. The fourth-order valence-corrected chi connectivity index (χ4v) is 1.17. The van der Waals surface area contributed by atoms with Crippen molar-refractivity contribution in [1.82, 2.24) is 0 Å². The van der Waals surface area contributed by atoms with Crippen LogP contribution in [0.2, 0.25) is 5.02 Å². The molecule has 0 atom stereocenters. The first-order valence-corrected chi connectivity index (χ1v) is 3.67. The van der Waals surface area contributed by atoms with Gasteiger partial charge in [-0.1, -0.05) is 18.5 Å². The summed E-state index contributed by atoms with van der Waals surface area (Å²) >= 11 is 5.59. The fourth-order valence-electron chi connectivity index (χ4n) is 0.893. The minimum Gasteiger partial charge on any atom is -0.204 e. The molecule has 0 aliphatic heterocycles. The summed E-state index contributed by atoms with van der Waals surface area (Å²) in [5.41, 5.74) is 0.242. The normalized spacial score (nSPS) is 10.2. The molecule has 0 nitrogen and oxygen atoms in total. The Morgan fingerprint density at radius 3 is 2.45 bits per heavy atom. The van der Waals surface area contributed by atoms with E-state index < -0.39 is 11.6 Å². The highest BCUT2D eigenvalue weighted by molar-refractivity contribution is 6.31. The van der Waals surface area contributed by atoms with Crippen LogP contribution >= 0.6 is 11.6 Å². The molecule has 11 heavy (non-hydrogen) atoms. The van der Waals surface area contributed by atoms with Crippen molar-refractivity contribution < 1.29 is 8.78 Å². The fraction of sp³-hybridized carbons (Fsp3) is 0.250. The largest absolute Gasteiger partial charge is 0.204 e. The minimum absolute atomic E-state index is 0.242. The van der Waals surface area contributed by atoms with E-state index in [-0.39, 0.29) is 10.6 Å². The Bertz CT molecular complexity index is 271. The van der Waals surface area contributed by atoms with Crippen LogP contribution in [0.15, 0.2) is 12.1 Å². The zero-order valence-corrected chi connectivity index (χ0v) is 6.75. The van der Waals surface area contributed by atoms with Crippen LogP contribution in [0.25, 0.3) is 0 Å². The molecule has 1 aromatic carbocycles. The van der Waals surface area contributed by atoms with E-state index in [1.165, 1.54) is 6.07 Å². The zero-order chi connectivity index (χ0) is 8.43. The van der Waals surface area contributed by atoms with Gasteiger partial charge in [-0.25, -0.2) is 8.78 Å². The molecular formula is C8H7ClF2. The molecule has 3 heteroatoms. The topological polar surface area (TPSA) is 0 Å². The van der Waals surface area contributed by atoms with Gasteiger partial charge in [0.05, 0.1) is 0 Å². The monoisotopic (exact) mass is 176 g/mol. The highest BCUT2D eigenvalue weighted by atomic mass is 35.5. The van der Waals surface area contributed by atoms with Crippen LogP contribution in [-0.4, -0.2) is 0 Å². The van der Waals surface area contributed by atoms with Crippen LogP contribution in [0, 0.1) is 11.6 Å². The number of hydrogen-bond donors (Lipinski definition) is 0. The lowest BCUT2D eigenvalue weighted by molar-refractivity contribution is 0.500. The minimum atomic E-state index is -0.841. The molecule has 0 fully saturated rings. The third kappa shape index (κ3) is 1.51. The molecule has 0 unspecified atom stereocenters. The predicted molar refractivity (Wildman–Crippen MR) is 40.7 cm³/mol. The summed E-state index contributed by atoms with van der Waals surface area (Å²) in [5.74, 6) is -1.67. The second-order valence-electron chi connectivity index (χ2n) is 2.18. The van der Waals surface area contributed by atoms with Crippen LogP contribution < -0.4 is 0 Å². The average Bonchev–Trinajstić information content (AvgIpc) is 1.99. The van der Waals surface area contributed by atoms with Crippen LogP contribution in [0.3, 0.4) is 0 Å². The van der Waals surface area contributed by atoms with Gasteiger partial charge in [0, 0.05) is 10.6 Å². The number of hydrogen-bond acceptors (Lipinski definition) is 0. The van der Waals surface area contributed by atoms with Gasteiger partial charge in [-0.15, -0.1) is 0 Å². The van der Waals surface area contributed by atoms with Gasteiger partial charge in [-0.3, -0.25) is 0 Å². The molecule has 1 rings (SSSR count). The smallest absolute Gasteiger partial charge is 0.163 e. The Morgan fingerprint density at radius 2 is 2.00 bits per heavy atom. The van der Waals surface area contributed by atoms with Crippen LogP contribution in [0.1, 0.15) is 12.5 Å². The summed E-state index contributed by atoms with van der Waals surface area (Å²) in [6, 6.07) is 2.38. The Morgan fingerprint density at radius 1 is 1.36 bits per heavy atom. The van der Waals surface area contributed by atoms with E-state index in [1.807, 2.05) is 0 Å². The van der Waals surface area contributed by atoms with Crippen LogP contribution in [-0.2, 0) is 6.42 Å². The maximum absolute atomic E-state index is 12.8. The van der Waals surface area contributed by atoms with Gasteiger partial charge < -0.3 is 0 Å². The van der Waals surface area contributed by atoms with Crippen LogP contribution in [0.5, 0.6) is 0 Å². The van der Waals surface area contributed by atoms with E-state index >= 15 is 0 Å². The molecule has 0 aliphatic carbocycles. The maximum Gasteiger partial charge on any atom is 0.163 e. The second-order valence-corrected chi connectivity index (χ2v) is 2.58. The van der Waals surface area contributed by atoms with Gasteiger partial charge in [0.15, 0.2) is 11.6 Å². The van der Waals surface area contributed by atoms with Crippen molar-refractivity contribution in [3.63, 3.8) is 0 Å². The quantitative estimate of drug-likeness (QED) is 0.577. The highest BCUT2D eigenvalue weighted by Gasteiger charge is 2.09. The lowest BCUT2D eigenvalue weighted by Gasteiger charge is -2.02. The van der Waals surface area contributed by atoms with Crippen molar-refractivity contribution in [3.8, 4) is 0 Å². The van der Waals surface area contributed by atoms with Gasteiger partial charge in [0.25, 0.3) is 0 Å². The summed E-state index contributed by atoms with van der Waals surface area (Å²) in [7, 11) is 0. The molecular weight excluding hydrogens is 170 g/mol. The molecule has 0 N–H and O–H groups in total. The molecule has 0 spiro atoms. The molecule has 0 heterocycles. The van der Waals surface area contributed by atoms with Crippen molar-refractivity contribution >= 4 is 11.6 Å². The van der Waals surface area contributed by atoms with Gasteiger partial charge in [-0.05, 0) is 18.6 Å². The first kappa shape index (κ1) is 8.47. The first-order chi connectivity index (χ1) is 5.16. The summed E-state index contributed by atoms with van der Waals surface area (Å²) in [6.07, 6.45) is 0.405. The Kier molecular flexibility index (Phi) is 2.45. The van der Waals surface area contributed by atoms with E-state index in [0.29, 0.717) is 6.42 Å². The third-order valence-electron chi connectivity index (χ3n) is 1.49. The third-order valence-corrected chi connectivity index (χ3v) is 1.85. The number of benzene rings is 1. The Balaban J connectivity index is 3.29. The second kappa shape index (κ2) is 3.18. The van der Waals surface area contributed by atoms with E-state index in [4.69, 9.17) is 11.6 Å². The molecule has 0 bridgehead atoms. The Hall–Kier alpha value is -0.630. The number of halogens is 3. The standard InChI is InChI=1S/C8H7ClF2/c1-2-5-6(9)3-4-7(10)8(5)11/h3-4H,2H2,1H3. The van der Waals surface area contributed by atoms with Crippen LogP contribution in [0.4, 0.5) is 8.78 Å². The molecule has 0 saturated heterocycles. The summed E-state index contributed by atoms with van der Waals surface area (Å²) in [4.78, 5) is 0. The molecule has 0 amide bonds. The van der Waals surface area contributed by atoms with Gasteiger partial charge in [-0.2, -0.15) is 0 Å².